The van der Waals surface area contributed by atoms with E-state index >= 15 is 0 Å². The fourth-order valence-electron chi connectivity index (χ4n) is 3.96. The molecule has 3 unspecified atom stereocenters. The van der Waals surface area contributed by atoms with Gasteiger partial charge >= 0.3 is 0 Å². The summed E-state index contributed by atoms with van der Waals surface area (Å²) in [5.74, 6) is 4.24. The Morgan fingerprint density at radius 1 is 1.17 bits per heavy atom. The van der Waals surface area contributed by atoms with Crippen LogP contribution in [0.1, 0.15) is 74.1 Å². The molecule has 0 aromatic rings. The first-order valence-corrected chi connectivity index (χ1v) is 8.07. The van der Waals surface area contributed by atoms with Crippen molar-refractivity contribution in [2.75, 3.05) is 0 Å². The van der Waals surface area contributed by atoms with E-state index in [4.69, 9.17) is 0 Å². The molecule has 0 bridgehead atoms. The van der Waals surface area contributed by atoms with Crippen molar-refractivity contribution in [3.63, 3.8) is 0 Å². The predicted octanol–water partition coefficient (Wildman–Crippen LogP) is 6.08. The van der Waals surface area contributed by atoms with Crippen molar-refractivity contribution in [1.29, 1.82) is 0 Å². The standard InChI is InChI=1S/C18H34/c1-8-16-9-10-17(15(7)13(4)5)18(16)14(6)11-12(2)3/h12-14,16,18H,8-11H2,1-7H3. The second-order valence-electron chi connectivity index (χ2n) is 7.20. The molecule has 0 N–H and O–H groups in total. The molecule has 3 atom stereocenters. The summed E-state index contributed by atoms with van der Waals surface area (Å²) in [6.07, 6.45) is 5.55. The molecule has 1 saturated carbocycles. The molecule has 0 nitrogen and oxygen atoms in total. The molecule has 18 heavy (non-hydrogen) atoms. The highest BCUT2D eigenvalue weighted by molar-refractivity contribution is 5.22. The van der Waals surface area contributed by atoms with Crippen molar-refractivity contribution in [3.8, 4) is 0 Å². The van der Waals surface area contributed by atoms with Crippen LogP contribution in [0.15, 0.2) is 11.1 Å². The molecule has 0 aliphatic heterocycles. The molecule has 1 aliphatic carbocycles. The van der Waals surface area contributed by atoms with Gasteiger partial charge in [0.25, 0.3) is 0 Å². The number of hydrogen-bond donors (Lipinski definition) is 0. The van der Waals surface area contributed by atoms with E-state index in [1.165, 1.54) is 25.7 Å². The summed E-state index contributed by atoms with van der Waals surface area (Å²) in [5, 5.41) is 0. The minimum Gasteiger partial charge on any atom is -0.0713 e. The van der Waals surface area contributed by atoms with Gasteiger partial charge < -0.3 is 0 Å². The van der Waals surface area contributed by atoms with E-state index in [0.717, 1.165) is 29.6 Å². The Hall–Kier alpha value is -0.260. The predicted molar refractivity (Wildman–Crippen MR) is 82.7 cm³/mol. The third kappa shape index (κ3) is 3.62. The van der Waals surface area contributed by atoms with Gasteiger partial charge in [-0.2, -0.15) is 0 Å². The van der Waals surface area contributed by atoms with Crippen LogP contribution in [0.4, 0.5) is 0 Å². The van der Waals surface area contributed by atoms with Crippen LogP contribution in [0.3, 0.4) is 0 Å². The van der Waals surface area contributed by atoms with Crippen molar-refractivity contribution in [3.05, 3.63) is 11.1 Å². The van der Waals surface area contributed by atoms with E-state index in [1.807, 2.05) is 5.57 Å². The Morgan fingerprint density at radius 3 is 2.22 bits per heavy atom. The van der Waals surface area contributed by atoms with Gasteiger partial charge in [-0.15, -0.1) is 0 Å². The summed E-state index contributed by atoms with van der Waals surface area (Å²) in [7, 11) is 0. The lowest BCUT2D eigenvalue weighted by Gasteiger charge is -2.29. The third-order valence-electron chi connectivity index (χ3n) is 5.05. The Morgan fingerprint density at radius 2 is 1.78 bits per heavy atom. The van der Waals surface area contributed by atoms with Gasteiger partial charge in [-0.3, -0.25) is 0 Å². The van der Waals surface area contributed by atoms with Gasteiger partial charge in [-0.25, -0.2) is 0 Å². The van der Waals surface area contributed by atoms with Gasteiger partial charge in [0, 0.05) is 0 Å². The maximum atomic E-state index is 2.49. The maximum Gasteiger partial charge on any atom is -0.0146 e. The van der Waals surface area contributed by atoms with Crippen molar-refractivity contribution in [2.24, 2.45) is 29.6 Å². The Bertz CT molecular complexity index is 282. The Labute approximate surface area is 115 Å². The highest BCUT2D eigenvalue weighted by Crippen LogP contribution is 2.46. The topological polar surface area (TPSA) is 0 Å². The number of rotatable bonds is 5. The van der Waals surface area contributed by atoms with Gasteiger partial charge in [0.2, 0.25) is 0 Å². The van der Waals surface area contributed by atoms with Crippen LogP contribution in [0, 0.1) is 29.6 Å². The first-order valence-electron chi connectivity index (χ1n) is 8.07. The molecule has 1 aliphatic rings. The molecule has 0 radical (unpaired) electrons. The Kier molecular flexibility index (Phi) is 5.95. The van der Waals surface area contributed by atoms with Crippen molar-refractivity contribution in [1.82, 2.24) is 0 Å². The third-order valence-corrected chi connectivity index (χ3v) is 5.05. The van der Waals surface area contributed by atoms with Crippen LogP contribution in [0.25, 0.3) is 0 Å². The van der Waals surface area contributed by atoms with Crippen LogP contribution < -0.4 is 0 Å². The van der Waals surface area contributed by atoms with Gasteiger partial charge in [0.1, 0.15) is 0 Å². The monoisotopic (exact) mass is 250 g/mol. The van der Waals surface area contributed by atoms with E-state index in [2.05, 4.69) is 48.5 Å². The van der Waals surface area contributed by atoms with Crippen LogP contribution in [-0.2, 0) is 0 Å². The van der Waals surface area contributed by atoms with Crippen LogP contribution in [-0.4, -0.2) is 0 Å². The van der Waals surface area contributed by atoms with E-state index in [1.54, 1.807) is 5.57 Å². The summed E-state index contributed by atoms with van der Waals surface area (Å²) in [5.41, 5.74) is 3.51. The summed E-state index contributed by atoms with van der Waals surface area (Å²) in [4.78, 5) is 0. The smallest absolute Gasteiger partial charge is 0.0146 e. The first kappa shape index (κ1) is 15.8. The summed E-state index contributed by atoms with van der Waals surface area (Å²) in [6.45, 7) is 16.7. The second-order valence-corrected chi connectivity index (χ2v) is 7.20. The SMILES string of the molecule is CCC1CCC(=C(C)C(C)C)C1C(C)CC(C)C. The molecular formula is C18H34. The zero-order valence-electron chi connectivity index (χ0n) is 13.7. The van der Waals surface area contributed by atoms with Crippen molar-refractivity contribution < 1.29 is 0 Å². The van der Waals surface area contributed by atoms with Gasteiger partial charge in [0.15, 0.2) is 0 Å². The number of hydrogen-bond acceptors (Lipinski definition) is 0. The minimum absolute atomic E-state index is 0.726. The maximum absolute atomic E-state index is 2.49. The molecule has 0 aromatic heterocycles. The van der Waals surface area contributed by atoms with E-state index in [9.17, 15) is 0 Å². The molecule has 0 spiro atoms. The number of allylic oxidation sites excluding steroid dienone is 2. The molecule has 1 fully saturated rings. The summed E-state index contributed by atoms with van der Waals surface area (Å²) < 4.78 is 0. The zero-order valence-corrected chi connectivity index (χ0v) is 13.7. The minimum atomic E-state index is 0.726. The average Bonchev–Trinajstić information content (AvgIpc) is 2.70. The lowest BCUT2D eigenvalue weighted by atomic mass is 9.76. The fraction of sp³-hybridized carbons (Fsp3) is 0.889. The zero-order chi connectivity index (χ0) is 13.9. The molecule has 0 heterocycles. The van der Waals surface area contributed by atoms with Crippen molar-refractivity contribution >= 4 is 0 Å². The molecule has 0 amide bonds. The molecule has 0 heteroatoms. The highest BCUT2D eigenvalue weighted by atomic mass is 14.4. The van der Waals surface area contributed by atoms with Gasteiger partial charge in [-0.05, 0) is 55.8 Å². The molecular weight excluding hydrogens is 216 g/mol. The summed E-state index contributed by atoms with van der Waals surface area (Å²) in [6, 6.07) is 0. The lowest BCUT2D eigenvalue weighted by molar-refractivity contribution is 0.267. The first-order chi connectivity index (χ1) is 8.38. The molecule has 1 rings (SSSR count). The average molecular weight is 250 g/mol. The normalized spacial score (nSPS) is 29.2. The fourth-order valence-corrected chi connectivity index (χ4v) is 3.96. The van der Waals surface area contributed by atoms with E-state index in [-0.39, 0.29) is 0 Å². The summed E-state index contributed by atoms with van der Waals surface area (Å²) >= 11 is 0. The lowest BCUT2D eigenvalue weighted by Crippen LogP contribution is -2.20. The Balaban J connectivity index is 2.95. The van der Waals surface area contributed by atoms with Crippen molar-refractivity contribution in [2.45, 2.75) is 74.1 Å². The van der Waals surface area contributed by atoms with Crippen LogP contribution in [0.5, 0.6) is 0 Å². The van der Waals surface area contributed by atoms with Gasteiger partial charge in [0.05, 0.1) is 0 Å². The van der Waals surface area contributed by atoms with Gasteiger partial charge in [-0.1, -0.05) is 59.1 Å². The largest absolute Gasteiger partial charge is 0.0713 e. The van der Waals surface area contributed by atoms with Crippen LogP contribution >= 0.6 is 0 Å². The molecule has 106 valence electrons. The highest BCUT2D eigenvalue weighted by Gasteiger charge is 2.35. The van der Waals surface area contributed by atoms with E-state index < -0.39 is 0 Å². The van der Waals surface area contributed by atoms with E-state index in [0.29, 0.717) is 0 Å². The quantitative estimate of drug-likeness (QED) is 0.519. The molecule has 0 saturated heterocycles. The van der Waals surface area contributed by atoms with Crippen LogP contribution in [0.2, 0.25) is 0 Å². The molecule has 0 aromatic carbocycles. The second kappa shape index (κ2) is 6.78.